The van der Waals surface area contributed by atoms with Crippen LogP contribution >= 0.6 is 11.3 Å². The highest BCUT2D eigenvalue weighted by molar-refractivity contribution is 7.13. The van der Waals surface area contributed by atoms with Gasteiger partial charge in [-0.15, -0.1) is 11.3 Å². The third-order valence-electron chi connectivity index (χ3n) is 2.56. The van der Waals surface area contributed by atoms with E-state index in [4.69, 9.17) is 5.73 Å². The van der Waals surface area contributed by atoms with Crippen molar-refractivity contribution in [1.82, 2.24) is 4.98 Å². The molecule has 1 aromatic carbocycles. The summed E-state index contributed by atoms with van der Waals surface area (Å²) in [7, 11) is 0. The van der Waals surface area contributed by atoms with Crippen molar-refractivity contribution in [3.8, 4) is 0 Å². The van der Waals surface area contributed by atoms with Crippen molar-refractivity contribution in [2.45, 2.75) is 19.4 Å². The number of hydrogen-bond acceptors (Lipinski definition) is 4. The van der Waals surface area contributed by atoms with Crippen LogP contribution in [0, 0.1) is 6.92 Å². The van der Waals surface area contributed by atoms with Crippen molar-refractivity contribution in [3.05, 3.63) is 47.0 Å². The van der Waals surface area contributed by atoms with Crippen LogP contribution < -0.4 is 11.1 Å². The number of benzene rings is 1. The fraction of sp³-hybridized carbons (Fsp3) is 0.308. The Hall–Kier alpha value is -1.39. The van der Waals surface area contributed by atoms with E-state index in [0.717, 1.165) is 17.2 Å². The maximum atomic E-state index is 5.79. The second-order valence-corrected chi connectivity index (χ2v) is 4.92. The van der Waals surface area contributed by atoms with Gasteiger partial charge in [0.25, 0.3) is 0 Å². The molecule has 1 heterocycles. The maximum Gasteiger partial charge on any atom is 0.183 e. The van der Waals surface area contributed by atoms with Crippen LogP contribution in [0.25, 0.3) is 0 Å². The van der Waals surface area contributed by atoms with E-state index in [1.54, 1.807) is 11.3 Å². The normalized spacial score (nSPS) is 12.4. The average Bonchev–Trinajstić information content (AvgIpc) is 2.75. The summed E-state index contributed by atoms with van der Waals surface area (Å²) in [5.74, 6) is 0. The van der Waals surface area contributed by atoms with Crippen molar-refractivity contribution in [3.63, 3.8) is 0 Å². The summed E-state index contributed by atoms with van der Waals surface area (Å²) < 4.78 is 0. The monoisotopic (exact) mass is 247 g/mol. The molecular formula is C13H17N3S. The quantitative estimate of drug-likeness (QED) is 0.853. The number of aryl methyl sites for hydroxylation is 1. The van der Waals surface area contributed by atoms with E-state index >= 15 is 0 Å². The Bertz CT molecular complexity index is 453. The number of hydrogen-bond donors (Lipinski definition) is 2. The molecule has 17 heavy (non-hydrogen) atoms. The molecule has 0 saturated carbocycles. The van der Waals surface area contributed by atoms with E-state index in [1.807, 2.05) is 18.4 Å². The first-order valence-electron chi connectivity index (χ1n) is 5.70. The van der Waals surface area contributed by atoms with Gasteiger partial charge in [0.05, 0.1) is 5.69 Å². The number of nitrogens with zero attached hydrogens (tertiary/aromatic N) is 1. The zero-order chi connectivity index (χ0) is 12.1. The minimum atomic E-state index is 0.239. The first-order chi connectivity index (χ1) is 8.28. The predicted octanol–water partition coefficient (Wildman–Crippen LogP) is 2.43. The first kappa shape index (κ1) is 12.1. The highest BCUT2D eigenvalue weighted by Crippen LogP contribution is 2.16. The second-order valence-electron chi connectivity index (χ2n) is 4.06. The van der Waals surface area contributed by atoms with E-state index in [2.05, 4.69) is 34.6 Å². The largest absolute Gasteiger partial charge is 0.357 e. The molecule has 0 amide bonds. The van der Waals surface area contributed by atoms with Crippen LogP contribution in [0.4, 0.5) is 5.13 Å². The first-order valence-corrected chi connectivity index (χ1v) is 6.58. The Morgan fingerprint density at radius 1 is 1.35 bits per heavy atom. The Morgan fingerprint density at radius 2 is 2.12 bits per heavy atom. The molecule has 3 nitrogen and oxygen atoms in total. The number of thiazole rings is 1. The number of anilines is 1. The third kappa shape index (κ3) is 3.54. The van der Waals surface area contributed by atoms with Crippen LogP contribution in [0.2, 0.25) is 0 Å². The molecule has 4 heteroatoms. The molecule has 1 aromatic heterocycles. The van der Waals surface area contributed by atoms with E-state index in [9.17, 15) is 0 Å². The molecule has 2 rings (SSSR count). The highest BCUT2D eigenvalue weighted by Gasteiger charge is 2.09. The Labute approximate surface area is 106 Å². The van der Waals surface area contributed by atoms with E-state index in [0.29, 0.717) is 6.54 Å². The van der Waals surface area contributed by atoms with Gasteiger partial charge in [-0.05, 0) is 18.9 Å². The smallest absolute Gasteiger partial charge is 0.183 e. The van der Waals surface area contributed by atoms with E-state index < -0.39 is 0 Å². The molecule has 0 spiro atoms. The molecule has 0 bridgehead atoms. The highest BCUT2D eigenvalue weighted by atomic mass is 32.1. The summed E-state index contributed by atoms with van der Waals surface area (Å²) in [6.07, 6.45) is 0.927. The van der Waals surface area contributed by atoms with Crippen LogP contribution in [-0.2, 0) is 6.42 Å². The molecule has 3 N–H and O–H groups in total. The van der Waals surface area contributed by atoms with Gasteiger partial charge in [-0.1, -0.05) is 30.3 Å². The summed E-state index contributed by atoms with van der Waals surface area (Å²) in [6.45, 7) is 2.60. The Morgan fingerprint density at radius 3 is 2.71 bits per heavy atom. The lowest BCUT2D eigenvalue weighted by Gasteiger charge is -2.16. The minimum absolute atomic E-state index is 0.239. The topological polar surface area (TPSA) is 50.9 Å². The van der Waals surface area contributed by atoms with Crippen molar-refractivity contribution in [2.75, 3.05) is 11.9 Å². The van der Waals surface area contributed by atoms with Gasteiger partial charge in [-0.2, -0.15) is 0 Å². The number of rotatable bonds is 5. The SMILES string of the molecule is Cc1csc(NC(CN)Cc2ccccc2)n1. The molecule has 0 aliphatic rings. The lowest BCUT2D eigenvalue weighted by atomic mass is 10.1. The average molecular weight is 247 g/mol. The molecule has 0 aliphatic heterocycles. The lowest BCUT2D eigenvalue weighted by Crippen LogP contribution is -2.30. The second kappa shape index (κ2) is 5.80. The van der Waals surface area contributed by atoms with Gasteiger partial charge in [0.2, 0.25) is 0 Å². The number of nitrogens with one attached hydrogen (secondary N) is 1. The van der Waals surface area contributed by atoms with Crippen LogP contribution in [0.15, 0.2) is 35.7 Å². The van der Waals surface area contributed by atoms with Gasteiger partial charge in [-0.3, -0.25) is 0 Å². The Kier molecular flexibility index (Phi) is 4.12. The summed E-state index contributed by atoms with van der Waals surface area (Å²) in [5, 5.41) is 6.37. The summed E-state index contributed by atoms with van der Waals surface area (Å²) in [4.78, 5) is 4.39. The van der Waals surface area contributed by atoms with Gasteiger partial charge in [0.1, 0.15) is 0 Å². The Balaban J connectivity index is 1.98. The zero-order valence-electron chi connectivity index (χ0n) is 9.89. The third-order valence-corrected chi connectivity index (χ3v) is 3.45. The zero-order valence-corrected chi connectivity index (χ0v) is 10.7. The van der Waals surface area contributed by atoms with Crippen molar-refractivity contribution >= 4 is 16.5 Å². The number of aromatic nitrogens is 1. The van der Waals surface area contributed by atoms with Crippen LogP contribution in [-0.4, -0.2) is 17.6 Å². The fourth-order valence-electron chi connectivity index (χ4n) is 1.69. The van der Waals surface area contributed by atoms with Crippen LogP contribution in [0.1, 0.15) is 11.3 Å². The molecule has 1 atom stereocenters. The molecule has 1 unspecified atom stereocenters. The molecule has 0 saturated heterocycles. The van der Waals surface area contributed by atoms with Gasteiger partial charge in [-0.25, -0.2) is 4.98 Å². The predicted molar refractivity (Wildman–Crippen MR) is 73.5 cm³/mol. The van der Waals surface area contributed by atoms with Gasteiger partial charge in [0, 0.05) is 18.0 Å². The number of nitrogens with two attached hydrogens (primary N) is 1. The molecule has 0 aliphatic carbocycles. The maximum absolute atomic E-state index is 5.79. The van der Waals surface area contributed by atoms with Crippen molar-refractivity contribution < 1.29 is 0 Å². The van der Waals surface area contributed by atoms with Gasteiger partial charge >= 0.3 is 0 Å². The fourth-order valence-corrected chi connectivity index (χ4v) is 2.45. The molecule has 90 valence electrons. The minimum Gasteiger partial charge on any atom is -0.357 e. The standard InChI is InChI=1S/C13H17N3S/c1-10-9-17-13(15-10)16-12(8-14)7-11-5-3-2-4-6-11/h2-6,9,12H,7-8,14H2,1H3,(H,15,16). The summed E-state index contributed by atoms with van der Waals surface area (Å²) in [5.41, 5.74) is 8.13. The summed E-state index contributed by atoms with van der Waals surface area (Å²) >= 11 is 1.63. The summed E-state index contributed by atoms with van der Waals surface area (Å²) in [6, 6.07) is 10.6. The van der Waals surface area contributed by atoms with Crippen LogP contribution in [0.5, 0.6) is 0 Å². The van der Waals surface area contributed by atoms with E-state index in [1.165, 1.54) is 5.56 Å². The molecule has 0 radical (unpaired) electrons. The molecule has 2 aromatic rings. The van der Waals surface area contributed by atoms with Crippen LogP contribution in [0.3, 0.4) is 0 Å². The van der Waals surface area contributed by atoms with Crippen molar-refractivity contribution in [2.24, 2.45) is 5.73 Å². The lowest BCUT2D eigenvalue weighted by molar-refractivity contribution is 0.722. The molecule has 0 fully saturated rings. The van der Waals surface area contributed by atoms with Gasteiger partial charge in [0.15, 0.2) is 5.13 Å². The van der Waals surface area contributed by atoms with Crippen molar-refractivity contribution in [1.29, 1.82) is 0 Å². The molecular weight excluding hydrogens is 230 g/mol. The van der Waals surface area contributed by atoms with Gasteiger partial charge < -0.3 is 11.1 Å². The van der Waals surface area contributed by atoms with E-state index in [-0.39, 0.29) is 6.04 Å².